The lowest BCUT2D eigenvalue weighted by molar-refractivity contribution is -0.140. The summed E-state index contributed by atoms with van der Waals surface area (Å²) in [4.78, 5) is 43.5. The third kappa shape index (κ3) is 5.04. The third-order valence-electron chi connectivity index (χ3n) is 4.28. The maximum atomic E-state index is 14.2. The van der Waals surface area contributed by atoms with Crippen molar-refractivity contribution in [2.75, 3.05) is 5.32 Å². The van der Waals surface area contributed by atoms with Crippen LogP contribution in [-0.4, -0.2) is 26.6 Å². The zero-order valence-corrected chi connectivity index (χ0v) is 17.0. The molecule has 0 spiro atoms. The molecule has 0 aliphatic heterocycles. The monoisotopic (exact) mass is 488 g/mol. The first-order valence-electron chi connectivity index (χ1n) is 8.86. The van der Waals surface area contributed by atoms with Crippen molar-refractivity contribution in [3.63, 3.8) is 0 Å². The summed E-state index contributed by atoms with van der Waals surface area (Å²) in [5, 5.41) is 11.3. The fourth-order valence-corrected chi connectivity index (χ4v) is 3.57. The number of amides is 1. The van der Waals surface area contributed by atoms with Gasteiger partial charge in [-0.3, -0.25) is 14.6 Å². The van der Waals surface area contributed by atoms with E-state index in [1.165, 1.54) is 5.38 Å². The maximum absolute atomic E-state index is 14.2. The molecule has 0 bridgehead atoms. The Morgan fingerprint density at radius 3 is 2.52 bits per heavy atom. The number of nitrogens with zero attached hydrogens (tertiary/aromatic N) is 1. The highest BCUT2D eigenvalue weighted by molar-refractivity contribution is 7.14. The predicted molar refractivity (Wildman–Crippen MR) is 108 cm³/mol. The van der Waals surface area contributed by atoms with Crippen molar-refractivity contribution in [3.05, 3.63) is 66.8 Å². The Hall–Kier alpha value is -3.72. The minimum atomic E-state index is -5.08. The number of aromatic amines is 2. The van der Waals surface area contributed by atoms with Gasteiger partial charge in [-0.1, -0.05) is 0 Å². The molecular formula is C18H13F5N6O3S. The van der Waals surface area contributed by atoms with Gasteiger partial charge in [0.1, 0.15) is 0 Å². The minimum absolute atomic E-state index is 0.0436. The van der Waals surface area contributed by atoms with Crippen molar-refractivity contribution >= 4 is 28.1 Å². The van der Waals surface area contributed by atoms with E-state index in [4.69, 9.17) is 11.1 Å². The SMILES string of the molecule is N=C(CC(=O)Nc1nc(-c2ccc(C(F)(F)F)c(F)c2F)cs1)c1c(CN)[nH]c(=O)[nH]c1=O. The second-order valence-electron chi connectivity index (χ2n) is 6.49. The summed E-state index contributed by atoms with van der Waals surface area (Å²) in [5.41, 5.74) is 0.389. The molecule has 3 aromatic rings. The number of aromatic nitrogens is 3. The molecule has 9 nitrogen and oxygen atoms in total. The molecule has 174 valence electrons. The summed E-state index contributed by atoms with van der Waals surface area (Å²) >= 11 is 0.772. The van der Waals surface area contributed by atoms with E-state index in [1.54, 1.807) is 0 Å². The van der Waals surface area contributed by atoms with Crippen LogP contribution in [-0.2, 0) is 17.5 Å². The lowest BCUT2D eigenvalue weighted by atomic mass is 10.1. The molecule has 0 radical (unpaired) electrons. The highest BCUT2D eigenvalue weighted by Crippen LogP contribution is 2.36. The molecule has 2 aromatic heterocycles. The number of rotatable bonds is 6. The van der Waals surface area contributed by atoms with Gasteiger partial charge in [0.25, 0.3) is 5.56 Å². The van der Waals surface area contributed by atoms with E-state index in [2.05, 4.69) is 15.3 Å². The maximum Gasteiger partial charge on any atom is 0.419 e. The summed E-state index contributed by atoms with van der Waals surface area (Å²) in [6.07, 6.45) is -5.70. The molecular weight excluding hydrogens is 475 g/mol. The van der Waals surface area contributed by atoms with E-state index in [0.717, 1.165) is 11.3 Å². The van der Waals surface area contributed by atoms with Gasteiger partial charge in [0.05, 0.1) is 29.0 Å². The van der Waals surface area contributed by atoms with Gasteiger partial charge in [0.2, 0.25) is 5.91 Å². The van der Waals surface area contributed by atoms with E-state index >= 15 is 0 Å². The number of carbonyl (C=O) groups excluding carboxylic acids is 1. The number of H-pyrrole nitrogens is 2. The Balaban J connectivity index is 1.78. The van der Waals surface area contributed by atoms with Crippen LogP contribution in [0.5, 0.6) is 0 Å². The highest BCUT2D eigenvalue weighted by Gasteiger charge is 2.36. The molecule has 33 heavy (non-hydrogen) atoms. The Morgan fingerprint density at radius 2 is 1.88 bits per heavy atom. The lowest BCUT2D eigenvalue weighted by Gasteiger charge is -2.10. The minimum Gasteiger partial charge on any atom is -0.325 e. The molecule has 0 aliphatic rings. The average molecular weight is 488 g/mol. The summed E-state index contributed by atoms with van der Waals surface area (Å²) in [5.74, 6) is -4.64. The van der Waals surface area contributed by atoms with Gasteiger partial charge < -0.3 is 21.4 Å². The van der Waals surface area contributed by atoms with E-state index in [-0.39, 0.29) is 28.6 Å². The largest absolute Gasteiger partial charge is 0.419 e. The van der Waals surface area contributed by atoms with Crippen LogP contribution >= 0.6 is 11.3 Å². The van der Waals surface area contributed by atoms with Crippen LogP contribution < -0.4 is 22.3 Å². The number of nitrogens with two attached hydrogens (primary N) is 1. The Labute approximate surface area is 184 Å². The van der Waals surface area contributed by atoms with Crippen LogP contribution in [0.3, 0.4) is 0 Å². The Morgan fingerprint density at radius 1 is 1.18 bits per heavy atom. The van der Waals surface area contributed by atoms with Gasteiger partial charge in [-0.05, 0) is 12.1 Å². The number of benzene rings is 1. The van der Waals surface area contributed by atoms with Gasteiger partial charge in [-0.2, -0.15) is 13.2 Å². The van der Waals surface area contributed by atoms with Crippen molar-refractivity contribution in [2.24, 2.45) is 5.73 Å². The molecule has 2 heterocycles. The zero-order chi connectivity index (χ0) is 24.5. The second-order valence-corrected chi connectivity index (χ2v) is 7.35. The second kappa shape index (κ2) is 9.03. The number of hydrogen-bond donors (Lipinski definition) is 5. The Kier molecular flexibility index (Phi) is 6.55. The molecule has 0 atom stereocenters. The smallest absolute Gasteiger partial charge is 0.325 e. The third-order valence-corrected chi connectivity index (χ3v) is 5.04. The molecule has 1 aromatic carbocycles. The number of hydrogen-bond acceptors (Lipinski definition) is 7. The molecule has 3 rings (SSSR count). The van der Waals surface area contributed by atoms with Crippen molar-refractivity contribution in [1.29, 1.82) is 5.41 Å². The van der Waals surface area contributed by atoms with Gasteiger partial charge in [-0.25, -0.2) is 18.6 Å². The van der Waals surface area contributed by atoms with E-state index in [1.807, 2.05) is 4.98 Å². The number of thiazole rings is 1. The highest BCUT2D eigenvalue weighted by atomic mass is 32.1. The van der Waals surface area contributed by atoms with E-state index < -0.39 is 58.2 Å². The van der Waals surface area contributed by atoms with Crippen molar-refractivity contribution < 1.29 is 26.7 Å². The summed E-state index contributed by atoms with van der Waals surface area (Å²) in [7, 11) is 0. The quantitative estimate of drug-likeness (QED) is 0.266. The molecule has 0 unspecified atom stereocenters. The number of halogens is 5. The van der Waals surface area contributed by atoms with E-state index in [9.17, 15) is 36.3 Å². The van der Waals surface area contributed by atoms with Crippen molar-refractivity contribution in [3.8, 4) is 11.3 Å². The topological polar surface area (TPSA) is 158 Å². The van der Waals surface area contributed by atoms with Crippen LogP contribution in [0.25, 0.3) is 11.3 Å². The first-order valence-corrected chi connectivity index (χ1v) is 9.74. The number of nitrogens with one attached hydrogen (secondary N) is 4. The fraction of sp³-hybridized carbons (Fsp3) is 0.167. The number of anilines is 1. The van der Waals surface area contributed by atoms with E-state index in [0.29, 0.717) is 12.1 Å². The van der Waals surface area contributed by atoms with Gasteiger partial charge >= 0.3 is 11.9 Å². The predicted octanol–water partition coefficient (Wildman–Crippen LogP) is 2.34. The summed E-state index contributed by atoms with van der Waals surface area (Å²) in [6, 6.07) is 1.10. The number of carbonyl (C=O) groups is 1. The van der Waals surface area contributed by atoms with Crippen molar-refractivity contribution in [1.82, 2.24) is 15.0 Å². The van der Waals surface area contributed by atoms with Crippen molar-refractivity contribution in [2.45, 2.75) is 19.1 Å². The summed E-state index contributed by atoms with van der Waals surface area (Å²) in [6.45, 7) is -0.274. The Bertz CT molecular complexity index is 1360. The molecule has 0 saturated heterocycles. The van der Waals surface area contributed by atoms with Gasteiger partial charge in [-0.15, -0.1) is 11.3 Å². The zero-order valence-electron chi connectivity index (χ0n) is 16.2. The van der Waals surface area contributed by atoms with Crippen LogP contribution in [0.1, 0.15) is 23.2 Å². The molecule has 0 saturated carbocycles. The summed E-state index contributed by atoms with van der Waals surface area (Å²) < 4.78 is 66.1. The first kappa shape index (κ1) is 23.9. The van der Waals surface area contributed by atoms with Crippen LogP contribution in [0.4, 0.5) is 27.1 Å². The van der Waals surface area contributed by atoms with Crippen LogP contribution in [0.2, 0.25) is 0 Å². The molecule has 0 fully saturated rings. The molecule has 0 aliphatic carbocycles. The average Bonchev–Trinajstić information content (AvgIpc) is 3.15. The standard InChI is InChI=1S/C18H13F5N6O3S/c19-13-6(1-2-7(14(13)20)18(21,22)23)10-5-33-17(27-10)28-11(30)3-8(25)12-9(4-24)26-16(32)29-15(12)31/h1-2,5,25H,3-4,24H2,(H,27,28,30)(H2,26,29,31,32). The fourth-order valence-electron chi connectivity index (χ4n) is 2.84. The molecule has 1 amide bonds. The molecule has 6 N–H and O–H groups in total. The van der Waals surface area contributed by atoms with Gasteiger partial charge in [0, 0.05) is 23.2 Å². The van der Waals surface area contributed by atoms with Crippen LogP contribution in [0.15, 0.2) is 27.1 Å². The van der Waals surface area contributed by atoms with Crippen LogP contribution in [0, 0.1) is 17.0 Å². The normalized spacial score (nSPS) is 11.5. The number of alkyl halides is 3. The van der Waals surface area contributed by atoms with Gasteiger partial charge in [0.15, 0.2) is 16.8 Å². The lowest BCUT2D eigenvalue weighted by Crippen LogP contribution is -2.32. The first-order chi connectivity index (χ1) is 15.4. The molecule has 15 heteroatoms.